The lowest BCUT2D eigenvalue weighted by atomic mass is 10.0. The van der Waals surface area contributed by atoms with Crippen LogP contribution in [0.2, 0.25) is 0 Å². The van der Waals surface area contributed by atoms with Gasteiger partial charge in [-0.2, -0.15) is 0 Å². The van der Waals surface area contributed by atoms with Crippen molar-refractivity contribution < 1.29 is 14.7 Å². The molecular formula is C19H22N4O3. The topological polar surface area (TPSA) is 87.9 Å². The molecular weight excluding hydrogens is 332 g/mol. The summed E-state index contributed by atoms with van der Waals surface area (Å²) in [6.07, 6.45) is 3.59. The Hall–Kier alpha value is -2.80. The lowest BCUT2D eigenvalue weighted by Gasteiger charge is -2.21. The van der Waals surface area contributed by atoms with Gasteiger partial charge in [-0.15, -0.1) is 0 Å². The molecule has 0 radical (unpaired) electrons. The van der Waals surface area contributed by atoms with Crippen LogP contribution in [0.25, 0.3) is 11.3 Å². The molecule has 1 aliphatic rings. The lowest BCUT2D eigenvalue weighted by molar-refractivity contribution is 0.0674. The lowest BCUT2D eigenvalue weighted by Crippen LogP contribution is -2.38. The largest absolute Gasteiger partial charge is 0.399 e. The molecule has 2 aromatic rings. The van der Waals surface area contributed by atoms with E-state index in [1.54, 1.807) is 11.1 Å². The first-order valence-corrected chi connectivity index (χ1v) is 8.44. The van der Waals surface area contributed by atoms with E-state index in [4.69, 9.17) is 4.84 Å². The third-order valence-corrected chi connectivity index (χ3v) is 4.71. The first-order chi connectivity index (χ1) is 12.5. The average Bonchev–Trinajstić information content (AvgIpc) is 3.07. The molecule has 7 nitrogen and oxygen atoms in total. The molecule has 0 spiro atoms. The molecule has 1 aromatic carbocycles. The van der Waals surface area contributed by atoms with Crippen molar-refractivity contribution in [2.24, 2.45) is 5.16 Å². The van der Waals surface area contributed by atoms with Gasteiger partial charge in [0.25, 0.3) is 5.91 Å². The molecule has 1 atom stereocenters. The van der Waals surface area contributed by atoms with Gasteiger partial charge in [0.05, 0.1) is 43.0 Å². The average molecular weight is 354 g/mol. The summed E-state index contributed by atoms with van der Waals surface area (Å²) in [5, 5.41) is 13.4. The van der Waals surface area contributed by atoms with Gasteiger partial charge < -0.3 is 14.8 Å². The van der Waals surface area contributed by atoms with Crippen LogP contribution in [-0.4, -0.2) is 57.9 Å². The van der Waals surface area contributed by atoms with Crippen molar-refractivity contribution in [1.82, 2.24) is 14.9 Å². The standard InChI is InChI=1S/C19H22N4O3/c1-12-5-4-6-16(13(12)2)17-8-21-18(9-20-17)19(25)23-10-14(22-26-3)7-15(23)11-24/h4-6,8-9,15,24H,7,10-11H2,1-3H3/b22-14-. The number of hydrogen-bond acceptors (Lipinski definition) is 6. The number of carbonyl (C=O) groups is 1. The fraction of sp³-hybridized carbons (Fsp3) is 0.368. The number of aliphatic hydroxyl groups is 1. The third-order valence-electron chi connectivity index (χ3n) is 4.71. The minimum atomic E-state index is -0.322. The molecule has 2 heterocycles. The van der Waals surface area contributed by atoms with Gasteiger partial charge in [0.2, 0.25) is 0 Å². The van der Waals surface area contributed by atoms with E-state index in [0.717, 1.165) is 22.5 Å². The van der Waals surface area contributed by atoms with E-state index < -0.39 is 0 Å². The van der Waals surface area contributed by atoms with Gasteiger partial charge in [0.15, 0.2) is 0 Å². The Labute approximate surface area is 152 Å². The zero-order valence-electron chi connectivity index (χ0n) is 15.1. The van der Waals surface area contributed by atoms with Crippen LogP contribution in [0.15, 0.2) is 35.7 Å². The van der Waals surface area contributed by atoms with Crippen molar-refractivity contribution >= 4 is 11.6 Å². The van der Waals surface area contributed by atoms with Crippen LogP contribution in [0.5, 0.6) is 0 Å². The zero-order chi connectivity index (χ0) is 18.7. The zero-order valence-corrected chi connectivity index (χ0v) is 15.1. The smallest absolute Gasteiger partial charge is 0.274 e. The summed E-state index contributed by atoms with van der Waals surface area (Å²) in [6.45, 7) is 4.27. The minimum Gasteiger partial charge on any atom is -0.399 e. The SMILES string of the molecule is CO/N=C1/CC(CO)N(C(=O)c2cnc(-c3cccc(C)c3C)cn2)C1. The number of nitrogens with zero attached hydrogens (tertiary/aromatic N) is 4. The van der Waals surface area contributed by atoms with E-state index in [2.05, 4.69) is 15.1 Å². The van der Waals surface area contributed by atoms with Crippen LogP contribution >= 0.6 is 0 Å². The van der Waals surface area contributed by atoms with Crippen LogP contribution < -0.4 is 0 Å². The molecule has 136 valence electrons. The van der Waals surface area contributed by atoms with E-state index in [1.165, 1.54) is 18.9 Å². The number of rotatable bonds is 4. The maximum Gasteiger partial charge on any atom is 0.274 e. The van der Waals surface area contributed by atoms with Crippen molar-refractivity contribution in [3.05, 3.63) is 47.4 Å². The Morgan fingerprint density at radius 2 is 2.15 bits per heavy atom. The number of carbonyl (C=O) groups excluding carboxylic acids is 1. The molecule has 1 unspecified atom stereocenters. The third kappa shape index (κ3) is 3.43. The maximum atomic E-state index is 12.8. The molecule has 1 N–H and O–H groups in total. The molecule has 1 saturated heterocycles. The summed E-state index contributed by atoms with van der Waals surface area (Å²) in [5.74, 6) is -0.273. The van der Waals surface area contributed by atoms with Crippen molar-refractivity contribution in [2.75, 3.05) is 20.3 Å². The summed E-state index contributed by atoms with van der Waals surface area (Å²) < 4.78 is 0. The van der Waals surface area contributed by atoms with Crippen molar-refractivity contribution in [3.8, 4) is 11.3 Å². The van der Waals surface area contributed by atoms with Gasteiger partial charge >= 0.3 is 0 Å². The molecule has 1 fully saturated rings. The normalized spacial score (nSPS) is 18.4. The Kier molecular flexibility index (Phi) is 5.27. The highest BCUT2D eigenvalue weighted by atomic mass is 16.6. The Bertz CT molecular complexity index is 833. The van der Waals surface area contributed by atoms with E-state index in [-0.39, 0.29) is 24.2 Å². The van der Waals surface area contributed by atoms with Gasteiger partial charge in [0.1, 0.15) is 12.8 Å². The molecule has 7 heteroatoms. The highest BCUT2D eigenvalue weighted by Crippen LogP contribution is 2.24. The number of aromatic nitrogens is 2. The van der Waals surface area contributed by atoms with Gasteiger partial charge in [0, 0.05) is 12.0 Å². The molecule has 1 aromatic heterocycles. The molecule has 1 amide bonds. The maximum absolute atomic E-state index is 12.8. The molecule has 0 saturated carbocycles. The van der Waals surface area contributed by atoms with E-state index >= 15 is 0 Å². The van der Waals surface area contributed by atoms with Gasteiger partial charge in [-0.1, -0.05) is 23.4 Å². The summed E-state index contributed by atoms with van der Waals surface area (Å²) in [5.41, 5.74) is 5.01. The van der Waals surface area contributed by atoms with Gasteiger partial charge in [-0.25, -0.2) is 4.98 Å². The summed E-state index contributed by atoms with van der Waals surface area (Å²) >= 11 is 0. The number of amides is 1. The fourth-order valence-electron chi connectivity index (χ4n) is 3.12. The molecule has 0 bridgehead atoms. The predicted octanol–water partition coefficient (Wildman–Crippen LogP) is 1.97. The number of benzene rings is 1. The summed E-state index contributed by atoms with van der Waals surface area (Å²) in [6, 6.07) is 5.69. The van der Waals surface area contributed by atoms with E-state index in [1.807, 2.05) is 32.0 Å². The second-order valence-electron chi connectivity index (χ2n) is 6.35. The molecule has 1 aliphatic heterocycles. The predicted molar refractivity (Wildman–Crippen MR) is 97.9 cm³/mol. The molecule has 26 heavy (non-hydrogen) atoms. The summed E-state index contributed by atoms with van der Waals surface area (Å²) in [4.78, 5) is 27.8. The van der Waals surface area contributed by atoms with Crippen molar-refractivity contribution in [3.63, 3.8) is 0 Å². The highest BCUT2D eigenvalue weighted by molar-refractivity contribution is 5.99. The number of hydrogen-bond donors (Lipinski definition) is 1. The van der Waals surface area contributed by atoms with Crippen LogP contribution in [-0.2, 0) is 4.84 Å². The number of aliphatic hydroxyl groups excluding tert-OH is 1. The number of oxime groups is 1. The highest BCUT2D eigenvalue weighted by Gasteiger charge is 2.34. The number of aryl methyl sites for hydroxylation is 1. The van der Waals surface area contributed by atoms with Crippen molar-refractivity contribution in [1.29, 1.82) is 0 Å². The van der Waals surface area contributed by atoms with E-state index in [9.17, 15) is 9.90 Å². The first-order valence-electron chi connectivity index (χ1n) is 8.44. The molecule has 3 rings (SSSR count). The first kappa shape index (κ1) is 18.0. The Morgan fingerprint density at radius 3 is 2.81 bits per heavy atom. The molecule has 0 aliphatic carbocycles. The number of likely N-dealkylation sites (tertiary alicyclic amines) is 1. The van der Waals surface area contributed by atoms with E-state index in [0.29, 0.717) is 13.0 Å². The van der Waals surface area contributed by atoms with Gasteiger partial charge in [-0.05, 0) is 25.0 Å². The van der Waals surface area contributed by atoms with Crippen LogP contribution in [0.4, 0.5) is 0 Å². The summed E-state index contributed by atoms with van der Waals surface area (Å²) in [7, 11) is 1.46. The quantitative estimate of drug-likeness (QED) is 0.848. The Balaban J connectivity index is 1.83. The minimum absolute atomic E-state index is 0.136. The van der Waals surface area contributed by atoms with Crippen LogP contribution in [0.3, 0.4) is 0 Å². The fourth-order valence-corrected chi connectivity index (χ4v) is 3.12. The Morgan fingerprint density at radius 1 is 1.35 bits per heavy atom. The monoisotopic (exact) mass is 354 g/mol. The van der Waals surface area contributed by atoms with Crippen molar-refractivity contribution in [2.45, 2.75) is 26.3 Å². The van der Waals surface area contributed by atoms with Crippen LogP contribution in [0, 0.1) is 13.8 Å². The van der Waals surface area contributed by atoms with Gasteiger partial charge in [-0.3, -0.25) is 9.78 Å². The second kappa shape index (κ2) is 7.61. The van der Waals surface area contributed by atoms with Crippen LogP contribution in [0.1, 0.15) is 28.0 Å². The second-order valence-corrected chi connectivity index (χ2v) is 6.35.